The molecule has 0 bridgehead atoms. The van der Waals surface area contributed by atoms with Crippen molar-refractivity contribution >= 4 is 5.97 Å². The molecule has 1 fully saturated rings. The lowest BCUT2D eigenvalue weighted by Crippen LogP contribution is -2.43. The van der Waals surface area contributed by atoms with Gasteiger partial charge in [0, 0.05) is 0 Å². The highest BCUT2D eigenvalue weighted by Crippen LogP contribution is 2.32. The van der Waals surface area contributed by atoms with Gasteiger partial charge in [0.05, 0.1) is 12.5 Å². The monoisotopic (exact) mass is 213 g/mol. The molecule has 0 aliphatic carbocycles. The van der Waals surface area contributed by atoms with Crippen LogP contribution < -0.4 is 0 Å². The number of carbonyl (C=O) groups excluding carboxylic acids is 1. The van der Waals surface area contributed by atoms with Gasteiger partial charge in [0.1, 0.15) is 0 Å². The van der Waals surface area contributed by atoms with Crippen molar-refractivity contribution in [3.63, 3.8) is 0 Å². The number of methoxy groups -OCH3 is 1. The average Bonchev–Trinajstić information content (AvgIpc) is 2.27. The predicted molar refractivity (Wildman–Crippen MR) is 60.7 cm³/mol. The summed E-state index contributed by atoms with van der Waals surface area (Å²) in [5, 5.41) is 0. The van der Waals surface area contributed by atoms with Crippen LogP contribution in [0.4, 0.5) is 0 Å². The molecular formula is C12H23NO2. The number of ether oxygens (including phenoxy) is 1. The molecule has 1 rings (SSSR count). The first-order valence-corrected chi connectivity index (χ1v) is 5.93. The normalized spacial score (nSPS) is 21.3. The van der Waals surface area contributed by atoms with Crippen LogP contribution in [0.15, 0.2) is 0 Å². The second kappa shape index (κ2) is 5.50. The Balaban J connectivity index is 2.37. The second-order valence-corrected chi connectivity index (χ2v) is 4.75. The Labute approximate surface area is 92.8 Å². The zero-order chi connectivity index (χ0) is 11.3. The van der Waals surface area contributed by atoms with Crippen LogP contribution in [0.5, 0.6) is 0 Å². The van der Waals surface area contributed by atoms with E-state index in [-0.39, 0.29) is 11.4 Å². The summed E-state index contributed by atoms with van der Waals surface area (Å²) in [4.78, 5) is 14.0. The Bertz CT molecular complexity index is 208. The second-order valence-electron chi connectivity index (χ2n) is 4.75. The van der Waals surface area contributed by atoms with E-state index in [1.165, 1.54) is 26.5 Å². The number of likely N-dealkylation sites (tertiary alicyclic amines) is 1. The molecule has 3 heteroatoms. The van der Waals surface area contributed by atoms with Gasteiger partial charge in [-0.15, -0.1) is 0 Å². The lowest BCUT2D eigenvalue weighted by Gasteiger charge is -2.37. The van der Waals surface area contributed by atoms with Crippen LogP contribution in [-0.4, -0.2) is 37.6 Å². The summed E-state index contributed by atoms with van der Waals surface area (Å²) in [7, 11) is 1.48. The quantitative estimate of drug-likeness (QED) is 0.669. The third kappa shape index (κ3) is 3.20. The van der Waals surface area contributed by atoms with E-state index in [1.54, 1.807) is 0 Å². The molecular weight excluding hydrogens is 190 g/mol. The van der Waals surface area contributed by atoms with Crippen LogP contribution in [0.25, 0.3) is 0 Å². The summed E-state index contributed by atoms with van der Waals surface area (Å²) in [6, 6.07) is 0. The molecule has 0 saturated carbocycles. The fourth-order valence-electron chi connectivity index (χ4n) is 2.10. The summed E-state index contributed by atoms with van der Waals surface area (Å²) in [6.07, 6.45) is 4.37. The Kier molecular flexibility index (Phi) is 4.58. The smallest absolute Gasteiger partial charge is 0.311 e. The molecule has 0 spiro atoms. The van der Waals surface area contributed by atoms with Gasteiger partial charge in [0.2, 0.25) is 0 Å². The maximum Gasteiger partial charge on any atom is 0.311 e. The van der Waals surface area contributed by atoms with E-state index in [1.807, 2.05) is 6.92 Å². The van der Waals surface area contributed by atoms with Gasteiger partial charge in [0.25, 0.3) is 0 Å². The van der Waals surface area contributed by atoms with Crippen molar-refractivity contribution in [3.8, 4) is 0 Å². The Morgan fingerprint density at radius 3 is 2.47 bits per heavy atom. The van der Waals surface area contributed by atoms with Crippen molar-refractivity contribution in [2.75, 3.05) is 26.7 Å². The zero-order valence-electron chi connectivity index (χ0n) is 10.2. The third-order valence-electron chi connectivity index (χ3n) is 3.47. The van der Waals surface area contributed by atoms with E-state index < -0.39 is 0 Å². The van der Waals surface area contributed by atoms with Gasteiger partial charge in [-0.05, 0) is 45.8 Å². The standard InChI is InChI=1S/C12H23NO2/c1-4-5-8-13-9-6-12(2,7-10-13)11(14)15-3/h4-10H2,1-3H3. The molecule has 0 radical (unpaired) electrons. The highest BCUT2D eigenvalue weighted by atomic mass is 16.5. The minimum atomic E-state index is -0.239. The average molecular weight is 213 g/mol. The first-order valence-electron chi connectivity index (χ1n) is 5.93. The van der Waals surface area contributed by atoms with Gasteiger partial charge in [-0.1, -0.05) is 13.3 Å². The SMILES string of the molecule is CCCCN1CCC(C)(C(=O)OC)CC1. The van der Waals surface area contributed by atoms with Gasteiger partial charge >= 0.3 is 5.97 Å². The third-order valence-corrected chi connectivity index (χ3v) is 3.47. The molecule has 1 aliphatic rings. The number of nitrogens with zero attached hydrogens (tertiary/aromatic N) is 1. The molecule has 88 valence electrons. The Morgan fingerprint density at radius 1 is 1.40 bits per heavy atom. The van der Waals surface area contributed by atoms with E-state index in [0.29, 0.717) is 0 Å². The highest BCUT2D eigenvalue weighted by molar-refractivity contribution is 5.76. The van der Waals surface area contributed by atoms with Crippen LogP contribution in [0.3, 0.4) is 0 Å². The maximum atomic E-state index is 11.6. The molecule has 0 atom stereocenters. The number of hydrogen-bond acceptors (Lipinski definition) is 3. The van der Waals surface area contributed by atoms with Crippen LogP contribution in [0, 0.1) is 5.41 Å². The molecule has 3 nitrogen and oxygen atoms in total. The number of piperidine rings is 1. The summed E-state index contributed by atoms with van der Waals surface area (Å²) in [6.45, 7) is 7.48. The summed E-state index contributed by atoms with van der Waals surface area (Å²) in [5.41, 5.74) is -0.239. The van der Waals surface area contributed by atoms with Crippen molar-refractivity contribution in [3.05, 3.63) is 0 Å². The topological polar surface area (TPSA) is 29.5 Å². The maximum absolute atomic E-state index is 11.6. The number of unbranched alkanes of at least 4 members (excludes halogenated alkanes) is 1. The van der Waals surface area contributed by atoms with Crippen molar-refractivity contribution in [1.82, 2.24) is 4.90 Å². The molecule has 0 aromatic heterocycles. The van der Waals surface area contributed by atoms with Gasteiger partial charge in [0.15, 0.2) is 0 Å². The lowest BCUT2D eigenvalue weighted by atomic mass is 9.80. The van der Waals surface area contributed by atoms with E-state index in [0.717, 1.165) is 25.9 Å². The minimum absolute atomic E-state index is 0.0439. The molecule has 0 aromatic rings. The number of esters is 1. The van der Waals surface area contributed by atoms with Gasteiger partial charge in [-0.3, -0.25) is 4.79 Å². The van der Waals surface area contributed by atoms with Gasteiger partial charge < -0.3 is 9.64 Å². The van der Waals surface area contributed by atoms with Crippen LogP contribution in [0.1, 0.15) is 39.5 Å². The van der Waals surface area contributed by atoms with Gasteiger partial charge in [-0.2, -0.15) is 0 Å². The summed E-state index contributed by atoms with van der Waals surface area (Å²) in [5.74, 6) is -0.0439. The van der Waals surface area contributed by atoms with Crippen LogP contribution >= 0.6 is 0 Å². The molecule has 0 amide bonds. The zero-order valence-corrected chi connectivity index (χ0v) is 10.2. The molecule has 15 heavy (non-hydrogen) atoms. The molecule has 0 unspecified atom stereocenters. The van der Waals surface area contributed by atoms with Crippen molar-refractivity contribution < 1.29 is 9.53 Å². The molecule has 1 heterocycles. The molecule has 0 N–H and O–H groups in total. The van der Waals surface area contributed by atoms with E-state index in [4.69, 9.17) is 4.74 Å². The van der Waals surface area contributed by atoms with Crippen molar-refractivity contribution in [1.29, 1.82) is 0 Å². The van der Waals surface area contributed by atoms with Crippen LogP contribution in [-0.2, 0) is 9.53 Å². The van der Waals surface area contributed by atoms with Crippen LogP contribution in [0.2, 0.25) is 0 Å². The Hall–Kier alpha value is -0.570. The molecule has 1 aliphatic heterocycles. The fraction of sp³-hybridized carbons (Fsp3) is 0.917. The highest BCUT2D eigenvalue weighted by Gasteiger charge is 2.37. The fourth-order valence-corrected chi connectivity index (χ4v) is 2.10. The summed E-state index contributed by atoms with van der Waals surface area (Å²) < 4.78 is 4.85. The largest absolute Gasteiger partial charge is 0.469 e. The molecule has 1 saturated heterocycles. The molecule has 0 aromatic carbocycles. The first kappa shape index (κ1) is 12.5. The van der Waals surface area contributed by atoms with E-state index >= 15 is 0 Å². The predicted octanol–water partition coefficient (Wildman–Crippen LogP) is 2.06. The number of hydrogen-bond donors (Lipinski definition) is 0. The number of rotatable bonds is 4. The number of carbonyl (C=O) groups is 1. The van der Waals surface area contributed by atoms with Gasteiger partial charge in [-0.25, -0.2) is 0 Å². The van der Waals surface area contributed by atoms with Crippen molar-refractivity contribution in [2.24, 2.45) is 5.41 Å². The summed E-state index contributed by atoms with van der Waals surface area (Å²) >= 11 is 0. The lowest BCUT2D eigenvalue weighted by molar-refractivity contribution is -0.154. The van der Waals surface area contributed by atoms with Crippen molar-refractivity contribution in [2.45, 2.75) is 39.5 Å². The Morgan fingerprint density at radius 2 is 2.00 bits per heavy atom. The minimum Gasteiger partial charge on any atom is -0.469 e. The van der Waals surface area contributed by atoms with E-state index in [2.05, 4.69) is 11.8 Å². The van der Waals surface area contributed by atoms with E-state index in [9.17, 15) is 4.79 Å². The first-order chi connectivity index (χ1) is 7.12.